The molecule has 1 atom stereocenters. The number of nitrogens with zero attached hydrogens (tertiary/aromatic N) is 2. The first kappa shape index (κ1) is 19.9. The normalized spacial score (nSPS) is 15.3. The number of rotatable bonds is 8. The highest BCUT2D eigenvalue weighted by Gasteiger charge is 2.24. The number of carbonyl (C=O) groups excluding carboxylic acids is 2. The fourth-order valence-corrected chi connectivity index (χ4v) is 2.88. The Kier molecular flexibility index (Phi) is 7.56. The molecule has 3 amide bonds. The fraction of sp³-hybridized carbons (Fsp3) is 0.579. The molecule has 1 unspecified atom stereocenters. The van der Waals surface area contributed by atoms with Crippen LogP contribution < -0.4 is 14.8 Å². The van der Waals surface area contributed by atoms with E-state index in [0.29, 0.717) is 51.5 Å². The first-order valence-corrected chi connectivity index (χ1v) is 9.28. The fourth-order valence-electron chi connectivity index (χ4n) is 2.88. The Labute approximate surface area is 155 Å². The lowest BCUT2D eigenvalue weighted by molar-refractivity contribution is -0.130. The molecule has 0 spiro atoms. The van der Waals surface area contributed by atoms with E-state index in [1.807, 2.05) is 45.0 Å². The van der Waals surface area contributed by atoms with Crippen molar-refractivity contribution >= 4 is 11.9 Å². The van der Waals surface area contributed by atoms with Gasteiger partial charge in [-0.25, -0.2) is 4.79 Å². The third-order valence-electron chi connectivity index (χ3n) is 4.39. The molecule has 1 aromatic rings. The summed E-state index contributed by atoms with van der Waals surface area (Å²) in [5, 5.41) is 2.82. The van der Waals surface area contributed by atoms with E-state index in [-0.39, 0.29) is 18.0 Å². The van der Waals surface area contributed by atoms with Crippen molar-refractivity contribution in [1.82, 2.24) is 15.1 Å². The van der Waals surface area contributed by atoms with Gasteiger partial charge in [0.1, 0.15) is 6.61 Å². The molecule has 2 rings (SSSR count). The van der Waals surface area contributed by atoms with Gasteiger partial charge in [-0.3, -0.25) is 4.79 Å². The predicted molar refractivity (Wildman–Crippen MR) is 99.5 cm³/mol. The minimum absolute atomic E-state index is 0.0546. The Hall–Kier alpha value is -2.44. The van der Waals surface area contributed by atoms with Crippen LogP contribution in [0.15, 0.2) is 24.3 Å². The van der Waals surface area contributed by atoms with Gasteiger partial charge in [-0.1, -0.05) is 12.1 Å². The van der Waals surface area contributed by atoms with Gasteiger partial charge in [0.15, 0.2) is 17.6 Å². The number of likely N-dealkylation sites (N-methyl/N-ethyl adjacent to an activating group) is 1. The zero-order valence-corrected chi connectivity index (χ0v) is 15.9. The van der Waals surface area contributed by atoms with Crippen molar-refractivity contribution in [3.63, 3.8) is 0 Å². The van der Waals surface area contributed by atoms with E-state index in [9.17, 15) is 9.59 Å². The molecule has 1 N–H and O–H groups in total. The van der Waals surface area contributed by atoms with Crippen LogP contribution in [0, 0.1) is 0 Å². The highest BCUT2D eigenvalue weighted by Crippen LogP contribution is 2.30. The summed E-state index contributed by atoms with van der Waals surface area (Å²) in [5.41, 5.74) is 0. The molecule has 1 aliphatic rings. The first-order chi connectivity index (χ1) is 12.6. The van der Waals surface area contributed by atoms with Gasteiger partial charge in [0, 0.05) is 32.6 Å². The minimum Gasteiger partial charge on any atom is -0.486 e. The summed E-state index contributed by atoms with van der Waals surface area (Å²) >= 11 is 0. The first-order valence-electron chi connectivity index (χ1n) is 9.28. The number of ether oxygens (including phenoxy) is 2. The zero-order valence-electron chi connectivity index (χ0n) is 15.9. The standard InChI is InChI=1S/C19H29N3O4/c1-4-21(5-2)18(23)11-12-20-19(24)22(6-3)13-15-14-25-16-9-7-8-10-17(16)26-15/h7-10,15H,4-6,11-14H2,1-3H3,(H,20,24). The molecule has 26 heavy (non-hydrogen) atoms. The van der Waals surface area contributed by atoms with Crippen LogP contribution in [0.3, 0.4) is 0 Å². The molecule has 0 saturated carbocycles. The molecule has 0 radical (unpaired) electrons. The maximum absolute atomic E-state index is 12.4. The van der Waals surface area contributed by atoms with Gasteiger partial charge in [0.2, 0.25) is 5.91 Å². The van der Waals surface area contributed by atoms with Crippen LogP contribution in [0.2, 0.25) is 0 Å². The molecule has 7 heteroatoms. The van der Waals surface area contributed by atoms with Gasteiger partial charge in [0.05, 0.1) is 6.54 Å². The number of amides is 3. The summed E-state index contributed by atoms with van der Waals surface area (Å²) in [6.07, 6.45) is 0.0920. The predicted octanol–water partition coefficient (Wildman–Crippen LogP) is 2.12. The summed E-state index contributed by atoms with van der Waals surface area (Å²) in [6, 6.07) is 7.32. The lowest BCUT2D eigenvalue weighted by Crippen LogP contribution is -2.48. The molecular formula is C19H29N3O4. The van der Waals surface area contributed by atoms with Crippen molar-refractivity contribution in [3.05, 3.63) is 24.3 Å². The van der Waals surface area contributed by atoms with Crippen molar-refractivity contribution in [3.8, 4) is 11.5 Å². The van der Waals surface area contributed by atoms with Crippen molar-refractivity contribution < 1.29 is 19.1 Å². The van der Waals surface area contributed by atoms with Crippen LogP contribution in [0.25, 0.3) is 0 Å². The van der Waals surface area contributed by atoms with E-state index in [0.717, 1.165) is 5.75 Å². The van der Waals surface area contributed by atoms with Gasteiger partial charge in [0.25, 0.3) is 0 Å². The third-order valence-corrected chi connectivity index (χ3v) is 4.39. The molecule has 1 aliphatic heterocycles. The average Bonchev–Trinajstić information content (AvgIpc) is 2.66. The Bertz CT molecular complexity index is 604. The van der Waals surface area contributed by atoms with Gasteiger partial charge in [-0.15, -0.1) is 0 Å². The maximum Gasteiger partial charge on any atom is 0.317 e. The second-order valence-corrected chi connectivity index (χ2v) is 6.08. The summed E-state index contributed by atoms with van der Waals surface area (Å²) in [7, 11) is 0. The van der Waals surface area contributed by atoms with Crippen LogP contribution in [0.5, 0.6) is 11.5 Å². The summed E-state index contributed by atoms with van der Waals surface area (Å²) in [5.74, 6) is 1.48. The molecule has 0 saturated heterocycles. The zero-order chi connectivity index (χ0) is 18.9. The Morgan fingerprint density at radius 3 is 2.38 bits per heavy atom. The van der Waals surface area contributed by atoms with Crippen molar-refractivity contribution in [2.75, 3.05) is 39.3 Å². The van der Waals surface area contributed by atoms with Crippen molar-refractivity contribution in [2.24, 2.45) is 0 Å². The molecule has 7 nitrogen and oxygen atoms in total. The Balaban J connectivity index is 1.79. The Morgan fingerprint density at radius 1 is 1.08 bits per heavy atom. The molecule has 1 aromatic carbocycles. The molecule has 144 valence electrons. The maximum atomic E-state index is 12.4. The highest BCUT2D eigenvalue weighted by atomic mass is 16.6. The van der Waals surface area contributed by atoms with Crippen LogP contribution >= 0.6 is 0 Å². The van der Waals surface area contributed by atoms with Crippen LogP contribution in [-0.2, 0) is 4.79 Å². The summed E-state index contributed by atoms with van der Waals surface area (Å²) in [6.45, 7) is 8.90. The monoisotopic (exact) mass is 363 g/mol. The number of nitrogens with one attached hydrogen (secondary N) is 1. The largest absolute Gasteiger partial charge is 0.486 e. The molecule has 0 aliphatic carbocycles. The smallest absolute Gasteiger partial charge is 0.317 e. The average molecular weight is 363 g/mol. The lowest BCUT2D eigenvalue weighted by Gasteiger charge is -2.31. The van der Waals surface area contributed by atoms with E-state index in [4.69, 9.17) is 9.47 Å². The number of urea groups is 1. The second kappa shape index (κ2) is 9.89. The van der Waals surface area contributed by atoms with Gasteiger partial charge in [-0.2, -0.15) is 0 Å². The molecule has 0 fully saturated rings. The number of fused-ring (bicyclic) bond motifs is 1. The molecule has 0 bridgehead atoms. The number of benzene rings is 1. The van der Waals surface area contributed by atoms with E-state index < -0.39 is 0 Å². The second-order valence-electron chi connectivity index (χ2n) is 6.08. The van der Waals surface area contributed by atoms with E-state index in [2.05, 4.69) is 5.32 Å². The SMILES string of the molecule is CCN(CC)C(=O)CCNC(=O)N(CC)CC1COc2ccccc2O1. The third kappa shape index (κ3) is 5.28. The van der Waals surface area contributed by atoms with E-state index >= 15 is 0 Å². The number of carbonyl (C=O) groups is 2. The van der Waals surface area contributed by atoms with Crippen LogP contribution in [0.4, 0.5) is 4.79 Å². The lowest BCUT2D eigenvalue weighted by atomic mass is 10.2. The summed E-state index contributed by atoms with van der Waals surface area (Å²) < 4.78 is 11.6. The topological polar surface area (TPSA) is 71.1 Å². The molecule has 1 heterocycles. The highest BCUT2D eigenvalue weighted by molar-refractivity contribution is 5.78. The van der Waals surface area contributed by atoms with Crippen molar-refractivity contribution in [2.45, 2.75) is 33.3 Å². The summed E-state index contributed by atoms with van der Waals surface area (Å²) in [4.78, 5) is 27.8. The quantitative estimate of drug-likeness (QED) is 0.768. The molecule has 0 aromatic heterocycles. The Morgan fingerprint density at radius 2 is 1.73 bits per heavy atom. The van der Waals surface area contributed by atoms with Crippen LogP contribution in [0.1, 0.15) is 27.2 Å². The van der Waals surface area contributed by atoms with Gasteiger partial charge in [-0.05, 0) is 32.9 Å². The van der Waals surface area contributed by atoms with E-state index in [1.54, 1.807) is 9.80 Å². The van der Waals surface area contributed by atoms with Crippen LogP contribution in [-0.4, -0.2) is 67.2 Å². The minimum atomic E-state index is -0.215. The number of hydrogen-bond acceptors (Lipinski definition) is 4. The van der Waals surface area contributed by atoms with Gasteiger partial charge >= 0.3 is 6.03 Å². The van der Waals surface area contributed by atoms with Crippen molar-refractivity contribution in [1.29, 1.82) is 0 Å². The molecular weight excluding hydrogens is 334 g/mol. The van der Waals surface area contributed by atoms with Gasteiger partial charge < -0.3 is 24.6 Å². The number of hydrogen-bond donors (Lipinski definition) is 1. The van der Waals surface area contributed by atoms with E-state index in [1.165, 1.54) is 0 Å². The number of para-hydroxylation sites is 2.